The first kappa shape index (κ1) is 19.5. The summed E-state index contributed by atoms with van der Waals surface area (Å²) in [5, 5.41) is 12.3. The fraction of sp³-hybridized carbons (Fsp3) is 0.182. The molecule has 3 rings (SSSR count). The monoisotopic (exact) mass is 380 g/mol. The number of hydrogen-bond acceptors (Lipinski definition) is 4. The minimum atomic E-state index is -0.339. The number of aliphatic hydroxyl groups is 1. The second kappa shape index (κ2) is 8.63. The molecule has 0 aliphatic rings. The van der Waals surface area contributed by atoms with Crippen LogP contribution in [-0.4, -0.2) is 23.1 Å². The van der Waals surface area contributed by atoms with E-state index < -0.39 is 0 Å². The van der Waals surface area contributed by atoms with Gasteiger partial charge >= 0.3 is 0 Å². The number of hydrogen-bond donors (Lipinski definition) is 2. The zero-order valence-electron chi connectivity index (χ0n) is 15.7. The Kier molecular flexibility index (Phi) is 6.01. The molecule has 1 amide bonds. The predicted molar refractivity (Wildman–Crippen MR) is 104 cm³/mol. The van der Waals surface area contributed by atoms with Gasteiger partial charge in [0, 0.05) is 24.5 Å². The lowest BCUT2D eigenvalue weighted by molar-refractivity contribution is 0.0948. The molecule has 0 spiro atoms. The first-order chi connectivity index (χ1) is 13.5. The number of pyridine rings is 1. The van der Waals surface area contributed by atoms with Gasteiger partial charge in [0.15, 0.2) is 0 Å². The Morgan fingerprint density at radius 1 is 1.21 bits per heavy atom. The van der Waals surface area contributed by atoms with E-state index in [1.807, 2.05) is 0 Å². The van der Waals surface area contributed by atoms with Crippen molar-refractivity contribution in [2.24, 2.45) is 0 Å². The van der Waals surface area contributed by atoms with Crippen molar-refractivity contribution in [3.8, 4) is 16.9 Å². The summed E-state index contributed by atoms with van der Waals surface area (Å²) in [5.41, 5.74) is 3.76. The number of nitrogens with one attached hydrogen (secondary N) is 1. The zero-order chi connectivity index (χ0) is 20.1. The maximum atomic E-state index is 13.7. The highest BCUT2D eigenvalue weighted by atomic mass is 19.1. The van der Waals surface area contributed by atoms with Crippen LogP contribution in [0, 0.1) is 12.7 Å². The Morgan fingerprint density at radius 3 is 2.75 bits per heavy atom. The number of aryl methyl sites for hydroxylation is 1. The van der Waals surface area contributed by atoms with Crippen LogP contribution in [0.5, 0.6) is 5.75 Å². The SMILES string of the molecule is COc1ccc(-c2cnccc2CO)cc1C(=O)NCc1ccc(C)c(F)c1. The van der Waals surface area contributed by atoms with Gasteiger partial charge in [0.05, 0.1) is 19.3 Å². The quantitative estimate of drug-likeness (QED) is 0.685. The molecule has 0 unspecified atom stereocenters. The van der Waals surface area contributed by atoms with E-state index >= 15 is 0 Å². The minimum absolute atomic E-state index is 0.135. The number of amides is 1. The van der Waals surface area contributed by atoms with Crippen molar-refractivity contribution in [3.63, 3.8) is 0 Å². The van der Waals surface area contributed by atoms with Gasteiger partial charge in [-0.1, -0.05) is 18.2 Å². The average molecular weight is 380 g/mol. The summed E-state index contributed by atoms with van der Waals surface area (Å²) in [6, 6.07) is 11.8. The van der Waals surface area contributed by atoms with Crippen LogP contribution in [0.3, 0.4) is 0 Å². The van der Waals surface area contributed by atoms with Gasteiger partial charge in [-0.3, -0.25) is 9.78 Å². The summed E-state index contributed by atoms with van der Waals surface area (Å²) in [6.45, 7) is 1.75. The van der Waals surface area contributed by atoms with E-state index in [4.69, 9.17) is 4.74 Å². The highest BCUT2D eigenvalue weighted by Crippen LogP contribution is 2.28. The Morgan fingerprint density at radius 2 is 2.04 bits per heavy atom. The molecule has 28 heavy (non-hydrogen) atoms. The largest absolute Gasteiger partial charge is 0.496 e. The molecular formula is C22H21FN2O3. The normalized spacial score (nSPS) is 10.6. The van der Waals surface area contributed by atoms with Crippen molar-refractivity contribution in [1.29, 1.82) is 0 Å². The number of benzene rings is 2. The minimum Gasteiger partial charge on any atom is -0.496 e. The van der Waals surface area contributed by atoms with Crippen molar-refractivity contribution in [3.05, 3.63) is 82.9 Å². The molecule has 5 nitrogen and oxygen atoms in total. The Labute approximate surface area is 162 Å². The molecule has 0 bridgehead atoms. The fourth-order valence-electron chi connectivity index (χ4n) is 2.90. The van der Waals surface area contributed by atoms with Crippen molar-refractivity contribution in [2.45, 2.75) is 20.1 Å². The fourth-order valence-corrected chi connectivity index (χ4v) is 2.90. The van der Waals surface area contributed by atoms with E-state index in [2.05, 4.69) is 10.3 Å². The molecule has 0 aliphatic heterocycles. The lowest BCUT2D eigenvalue weighted by Crippen LogP contribution is -2.23. The van der Waals surface area contributed by atoms with E-state index in [9.17, 15) is 14.3 Å². The van der Waals surface area contributed by atoms with E-state index in [-0.39, 0.29) is 24.9 Å². The van der Waals surface area contributed by atoms with Crippen molar-refractivity contribution >= 4 is 5.91 Å². The second-order valence-corrected chi connectivity index (χ2v) is 6.37. The molecule has 0 atom stereocenters. The number of nitrogens with zero attached hydrogens (tertiary/aromatic N) is 1. The number of ether oxygens (including phenoxy) is 1. The highest BCUT2D eigenvalue weighted by Gasteiger charge is 2.15. The standard InChI is InChI=1S/C22H21FN2O3/c1-14-3-4-15(9-20(14)23)11-25-22(27)18-10-16(5-6-21(18)28-2)19-12-24-8-7-17(19)13-26/h3-10,12,26H,11,13H2,1-2H3,(H,25,27). The first-order valence-electron chi connectivity index (χ1n) is 8.79. The predicted octanol–water partition coefficient (Wildman–Crippen LogP) is 3.63. The molecule has 0 radical (unpaired) electrons. The molecule has 3 aromatic rings. The third kappa shape index (κ3) is 4.18. The smallest absolute Gasteiger partial charge is 0.255 e. The molecule has 0 aliphatic carbocycles. The number of rotatable bonds is 6. The zero-order valence-corrected chi connectivity index (χ0v) is 15.7. The number of aromatic nitrogens is 1. The molecule has 1 aromatic heterocycles. The lowest BCUT2D eigenvalue weighted by atomic mass is 9.99. The van der Waals surface area contributed by atoms with Gasteiger partial charge in [-0.2, -0.15) is 0 Å². The summed E-state index contributed by atoms with van der Waals surface area (Å²) in [7, 11) is 1.49. The summed E-state index contributed by atoms with van der Waals surface area (Å²) in [6.07, 6.45) is 3.25. The van der Waals surface area contributed by atoms with E-state index in [1.54, 1.807) is 55.7 Å². The van der Waals surface area contributed by atoms with Crippen LogP contribution < -0.4 is 10.1 Å². The van der Waals surface area contributed by atoms with Gasteiger partial charge in [0.1, 0.15) is 11.6 Å². The molecule has 144 valence electrons. The maximum absolute atomic E-state index is 13.7. The molecule has 2 N–H and O–H groups in total. The summed E-state index contributed by atoms with van der Waals surface area (Å²) in [5.74, 6) is -0.223. The van der Waals surface area contributed by atoms with E-state index in [0.717, 1.165) is 11.1 Å². The Balaban J connectivity index is 1.87. The van der Waals surface area contributed by atoms with Crippen LogP contribution >= 0.6 is 0 Å². The molecule has 2 aromatic carbocycles. The van der Waals surface area contributed by atoms with Crippen LogP contribution in [0.4, 0.5) is 4.39 Å². The average Bonchev–Trinajstić information content (AvgIpc) is 2.73. The van der Waals surface area contributed by atoms with Crippen molar-refractivity contribution in [2.75, 3.05) is 7.11 Å². The third-order valence-corrected chi connectivity index (χ3v) is 4.53. The van der Waals surface area contributed by atoms with E-state index in [0.29, 0.717) is 28.0 Å². The number of halogens is 1. The number of methoxy groups -OCH3 is 1. The van der Waals surface area contributed by atoms with Crippen LogP contribution in [0.25, 0.3) is 11.1 Å². The van der Waals surface area contributed by atoms with Crippen LogP contribution in [-0.2, 0) is 13.2 Å². The number of carbonyl (C=O) groups excluding carboxylic acids is 1. The molecule has 6 heteroatoms. The summed E-state index contributed by atoms with van der Waals surface area (Å²) in [4.78, 5) is 16.8. The first-order valence-corrected chi connectivity index (χ1v) is 8.79. The summed E-state index contributed by atoms with van der Waals surface area (Å²) < 4.78 is 19.0. The number of carbonyl (C=O) groups is 1. The van der Waals surface area contributed by atoms with Crippen LogP contribution in [0.15, 0.2) is 54.9 Å². The van der Waals surface area contributed by atoms with Gasteiger partial charge in [0.25, 0.3) is 5.91 Å². The topological polar surface area (TPSA) is 71.5 Å². The molecular weight excluding hydrogens is 359 g/mol. The second-order valence-electron chi connectivity index (χ2n) is 6.37. The van der Waals surface area contributed by atoms with Gasteiger partial charge in [-0.15, -0.1) is 0 Å². The maximum Gasteiger partial charge on any atom is 0.255 e. The highest BCUT2D eigenvalue weighted by molar-refractivity contribution is 5.98. The van der Waals surface area contributed by atoms with Gasteiger partial charge in [-0.05, 0) is 53.4 Å². The lowest BCUT2D eigenvalue weighted by Gasteiger charge is -2.13. The van der Waals surface area contributed by atoms with Crippen LogP contribution in [0.1, 0.15) is 27.0 Å². The third-order valence-electron chi connectivity index (χ3n) is 4.53. The Hall–Kier alpha value is -3.25. The molecule has 0 saturated carbocycles. The molecule has 0 saturated heterocycles. The molecule has 0 fully saturated rings. The molecule has 1 heterocycles. The van der Waals surface area contributed by atoms with Crippen molar-refractivity contribution < 1.29 is 19.0 Å². The van der Waals surface area contributed by atoms with Gasteiger partial charge in [-0.25, -0.2) is 4.39 Å². The number of aliphatic hydroxyl groups excluding tert-OH is 1. The summed E-state index contributed by atoms with van der Waals surface area (Å²) >= 11 is 0. The van der Waals surface area contributed by atoms with E-state index in [1.165, 1.54) is 13.2 Å². The van der Waals surface area contributed by atoms with Gasteiger partial charge < -0.3 is 15.2 Å². The van der Waals surface area contributed by atoms with Gasteiger partial charge in [0.2, 0.25) is 0 Å². The van der Waals surface area contributed by atoms with Crippen molar-refractivity contribution in [1.82, 2.24) is 10.3 Å². The Bertz CT molecular complexity index is 1000. The van der Waals surface area contributed by atoms with Crippen LogP contribution in [0.2, 0.25) is 0 Å².